The quantitative estimate of drug-likeness (QED) is 0.631. The number of aryl methyl sites for hydroxylation is 1. The second-order valence-corrected chi connectivity index (χ2v) is 5.17. The van der Waals surface area contributed by atoms with Gasteiger partial charge in [0.05, 0.1) is 18.4 Å². The molecule has 0 saturated heterocycles. The van der Waals surface area contributed by atoms with Gasteiger partial charge >= 0.3 is 5.97 Å². The molecule has 0 saturated carbocycles. The first-order valence-electron chi connectivity index (χ1n) is 6.13. The Morgan fingerprint density at radius 3 is 2.76 bits per heavy atom. The molecule has 21 heavy (non-hydrogen) atoms. The molecule has 0 atom stereocenters. The molecule has 0 spiro atoms. The molecule has 0 unspecified atom stereocenters. The second kappa shape index (κ2) is 6.21. The molecule has 1 heterocycles. The van der Waals surface area contributed by atoms with E-state index in [1.165, 1.54) is 18.4 Å². The minimum absolute atomic E-state index is 0.398. The van der Waals surface area contributed by atoms with Crippen molar-refractivity contribution in [2.24, 2.45) is 0 Å². The third-order valence-corrected chi connectivity index (χ3v) is 4.00. The first-order valence-corrected chi connectivity index (χ1v) is 6.95. The molecule has 0 amide bonds. The summed E-state index contributed by atoms with van der Waals surface area (Å²) < 4.78 is 4.72. The van der Waals surface area contributed by atoms with E-state index in [4.69, 9.17) is 4.74 Å². The van der Waals surface area contributed by atoms with Crippen LogP contribution >= 0.6 is 11.3 Å². The van der Waals surface area contributed by atoms with Crippen molar-refractivity contribution in [1.29, 1.82) is 5.26 Å². The monoisotopic (exact) mass is 296 g/mol. The Morgan fingerprint density at radius 2 is 2.14 bits per heavy atom. The number of carbonyl (C=O) groups is 1. The van der Waals surface area contributed by atoms with Gasteiger partial charge < -0.3 is 4.74 Å². The van der Waals surface area contributed by atoms with Crippen LogP contribution in [-0.2, 0) is 4.74 Å². The van der Waals surface area contributed by atoms with Gasteiger partial charge in [0, 0.05) is 11.1 Å². The number of rotatable bonds is 2. The first kappa shape index (κ1) is 14.8. The van der Waals surface area contributed by atoms with Gasteiger partial charge in [-0.25, -0.2) is 9.78 Å². The lowest BCUT2D eigenvalue weighted by molar-refractivity contribution is 0.0605. The molecule has 2 aromatic rings. The average molecular weight is 296 g/mol. The summed E-state index contributed by atoms with van der Waals surface area (Å²) in [5.74, 6) is 5.27. The smallest absolute Gasteiger partial charge is 0.349 e. The van der Waals surface area contributed by atoms with Crippen LogP contribution in [0.5, 0.6) is 0 Å². The Morgan fingerprint density at radius 1 is 1.38 bits per heavy atom. The predicted octanol–water partition coefficient (Wildman–Crippen LogP) is 3.15. The van der Waals surface area contributed by atoms with E-state index in [-0.39, 0.29) is 0 Å². The summed E-state index contributed by atoms with van der Waals surface area (Å²) in [6.07, 6.45) is 0. The molecule has 1 aromatic carbocycles. The third-order valence-electron chi connectivity index (χ3n) is 2.81. The Bertz CT molecular complexity index is 804. The molecule has 2 rings (SSSR count). The summed E-state index contributed by atoms with van der Waals surface area (Å²) in [7, 11) is 1.34. The van der Waals surface area contributed by atoms with E-state index in [0.717, 1.165) is 5.56 Å². The SMILES string of the molecule is CC#Cc1ccc(-c2nc(C)c(C(=O)OC)s2)cc1C#N. The normalized spacial score (nSPS) is 9.43. The summed E-state index contributed by atoms with van der Waals surface area (Å²) >= 11 is 1.25. The number of benzene rings is 1. The molecule has 4 nitrogen and oxygen atoms in total. The predicted molar refractivity (Wildman–Crippen MR) is 80.9 cm³/mol. The van der Waals surface area contributed by atoms with Crippen LogP contribution in [0.3, 0.4) is 0 Å². The second-order valence-electron chi connectivity index (χ2n) is 4.17. The van der Waals surface area contributed by atoms with Crippen LogP contribution in [0, 0.1) is 30.1 Å². The number of aromatic nitrogens is 1. The minimum atomic E-state index is -0.398. The Hall–Kier alpha value is -2.63. The fraction of sp³-hybridized carbons (Fsp3) is 0.188. The maximum atomic E-state index is 11.6. The largest absolute Gasteiger partial charge is 0.465 e. The number of hydrogen-bond donors (Lipinski definition) is 0. The lowest BCUT2D eigenvalue weighted by Gasteiger charge is -1.99. The first-order chi connectivity index (χ1) is 10.1. The molecular formula is C16H12N2O2S. The standard InChI is InChI=1S/C16H12N2O2S/c1-4-5-11-6-7-12(8-13(11)9-17)15-18-10(2)14(21-15)16(19)20-3/h6-8H,1-3H3. The van der Waals surface area contributed by atoms with E-state index in [0.29, 0.717) is 26.7 Å². The molecule has 0 fully saturated rings. The zero-order valence-electron chi connectivity index (χ0n) is 11.9. The number of hydrogen-bond acceptors (Lipinski definition) is 5. The number of ether oxygens (including phenoxy) is 1. The van der Waals surface area contributed by atoms with Gasteiger partial charge in [-0.15, -0.1) is 17.3 Å². The summed E-state index contributed by atoms with van der Waals surface area (Å²) in [5.41, 5.74) is 2.59. The van der Waals surface area contributed by atoms with E-state index >= 15 is 0 Å². The van der Waals surface area contributed by atoms with E-state index < -0.39 is 5.97 Å². The summed E-state index contributed by atoms with van der Waals surface area (Å²) in [6, 6.07) is 7.50. The summed E-state index contributed by atoms with van der Waals surface area (Å²) in [6.45, 7) is 3.48. The highest BCUT2D eigenvalue weighted by molar-refractivity contribution is 7.17. The van der Waals surface area contributed by atoms with Crippen LogP contribution in [0.2, 0.25) is 0 Å². The molecule has 0 bridgehead atoms. The number of carbonyl (C=O) groups excluding carboxylic acids is 1. The highest BCUT2D eigenvalue weighted by atomic mass is 32.1. The fourth-order valence-electron chi connectivity index (χ4n) is 1.82. The number of thiazole rings is 1. The topological polar surface area (TPSA) is 63.0 Å². The zero-order chi connectivity index (χ0) is 15.4. The van der Waals surface area contributed by atoms with Crippen LogP contribution in [0.25, 0.3) is 10.6 Å². The summed E-state index contributed by atoms with van der Waals surface area (Å²) in [5, 5.41) is 9.87. The van der Waals surface area contributed by atoms with Gasteiger partial charge in [0.25, 0.3) is 0 Å². The maximum absolute atomic E-state index is 11.6. The Labute approximate surface area is 127 Å². The van der Waals surface area contributed by atoms with E-state index in [1.54, 1.807) is 26.0 Å². The molecule has 0 aliphatic rings. The van der Waals surface area contributed by atoms with Crippen LogP contribution in [0.1, 0.15) is 33.4 Å². The van der Waals surface area contributed by atoms with Gasteiger partial charge in [0.1, 0.15) is 16.0 Å². The molecule has 0 aliphatic carbocycles. The molecule has 1 aromatic heterocycles. The Kier molecular flexibility index (Phi) is 4.37. The van der Waals surface area contributed by atoms with Crippen LogP contribution < -0.4 is 0 Å². The van der Waals surface area contributed by atoms with Gasteiger partial charge in [-0.2, -0.15) is 5.26 Å². The van der Waals surface area contributed by atoms with Gasteiger partial charge in [-0.05, 0) is 26.0 Å². The number of nitriles is 1. The van der Waals surface area contributed by atoms with Gasteiger partial charge in [0.15, 0.2) is 0 Å². The van der Waals surface area contributed by atoms with Gasteiger partial charge in [0.2, 0.25) is 0 Å². The van der Waals surface area contributed by atoms with Crippen molar-refractivity contribution >= 4 is 17.3 Å². The highest BCUT2D eigenvalue weighted by Gasteiger charge is 2.17. The molecule has 0 N–H and O–H groups in total. The van der Waals surface area contributed by atoms with Gasteiger partial charge in [-0.1, -0.05) is 12.0 Å². The highest BCUT2D eigenvalue weighted by Crippen LogP contribution is 2.29. The number of esters is 1. The van der Waals surface area contributed by atoms with E-state index in [1.807, 2.05) is 6.07 Å². The van der Waals surface area contributed by atoms with E-state index in [9.17, 15) is 10.1 Å². The van der Waals surface area contributed by atoms with Crippen molar-refractivity contribution in [2.45, 2.75) is 13.8 Å². The molecule has 104 valence electrons. The minimum Gasteiger partial charge on any atom is -0.465 e. The van der Waals surface area contributed by atoms with Crippen molar-refractivity contribution in [1.82, 2.24) is 4.98 Å². The van der Waals surface area contributed by atoms with Crippen molar-refractivity contribution in [3.8, 4) is 28.5 Å². The molecule has 0 radical (unpaired) electrons. The van der Waals surface area contributed by atoms with Crippen LogP contribution in [0.4, 0.5) is 0 Å². The molecule has 0 aliphatic heterocycles. The summed E-state index contributed by atoms with van der Waals surface area (Å²) in [4.78, 5) is 16.5. The molecular weight excluding hydrogens is 284 g/mol. The average Bonchev–Trinajstić information content (AvgIpc) is 2.89. The van der Waals surface area contributed by atoms with Crippen molar-refractivity contribution in [3.63, 3.8) is 0 Å². The zero-order valence-corrected chi connectivity index (χ0v) is 12.7. The van der Waals surface area contributed by atoms with E-state index in [2.05, 4.69) is 22.9 Å². The van der Waals surface area contributed by atoms with Crippen molar-refractivity contribution in [2.75, 3.05) is 7.11 Å². The lowest BCUT2D eigenvalue weighted by atomic mass is 10.1. The van der Waals surface area contributed by atoms with Crippen LogP contribution in [0.15, 0.2) is 18.2 Å². The third kappa shape index (κ3) is 2.94. The number of nitrogens with zero attached hydrogens (tertiary/aromatic N) is 2. The molecule has 5 heteroatoms. The van der Waals surface area contributed by atoms with Gasteiger partial charge in [-0.3, -0.25) is 0 Å². The van der Waals surface area contributed by atoms with Crippen molar-refractivity contribution in [3.05, 3.63) is 39.9 Å². The lowest BCUT2D eigenvalue weighted by Crippen LogP contribution is -1.99. The fourth-order valence-corrected chi connectivity index (χ4v) is 2.80. The number of methoxy groups -OCH3 is 1. The van der Waals surface area contributed by atoms with Crippen molar-refractivity contribution < 1.29 is 9.53 Å². The maximum Gasteiger partial charge on any atom is 0.349 e. The van der Waals surface area contributed by atoms with Crippen LogP contribution in [-0.4, -0.2) is 18.1 Å². The Balaban J connectivity index is 2.50.